The van der Waals surface area contributed by atoms with E-state index in [9.17, 15) is 0 Å². The average Bonchev–Trinajstić information content (AvgIpc) is 2.36. The van der Waals surface area contributed by atoms with Crippen LogP contribution < -0.4 is 5.32 Å². The largest absolute Gasteiger partial charge is 0.469 e. The number of rotatable bonds is 3. The van der Waals surface area contributed by atoms with Crippen molar-refractivity contribution < 1.29 is 4.42 Å². The molecule has 0 amide bonds. The van der Waals surface area contributed by atoms with Crippen LogP contribution in [0.1, 0.15) is 25.2 Å². The summed E-state index contributed by atoms with van der Waals surface area (Å²) in [6, 6.07) is 2.04. The van der Waals surface area contributed by atoms with Crippen LogP contribution in [0, 0.1) is 6.92 Å². The van der Waals surface area contributed by atoms with Crippen molar-refractivity contribution in [1.82, 2.24) is 5.32 Å². The van der Waals surface area contributed by atoms with Crippen molar-refractivity contribution in [2.24, 2.45) is 0 Å². The number of nitrogens with one attached hydrogen (secondary N) is 1. The van der Waals surface area contributed by atoms with Crippen LogP contribution in [-0.2, 0) is 6.42 Å². The van der Waals surface area contributed by atoms with E-state index in [1.165, 1.54) is 5.56 Å². The molecule has 0 aliphatic heterocycles. The molecule has 1 heterocycles. The third-order valence-corrected chi connectivity index (χ3v) is 2.28. The Morgan fingerprint density at radius 1 is 1.50 bits per heavy atom. The lowest BCUT2D eigenvalue weighted by Crippen LogP contribution is -2.38. The summed E-state index contributed by atoms with van der Waals surface area (Å²) >= 11 is 0. The first kappa shape index (κ1) is 9.33. The first-order chi connectivity index (χ1) is 5.55. The smallest absolute Gasteiger partial charge is 0.103 e. The van der Waals surface area contributed by atoms with Gasteiger partial charge in [-0.3, -0.25) is 0 Å². The zero-order valence-corrected chi connectivity index (χ0v) is 8.27. The lowest BCUT2D eigenvalue weighted by Gasteiger charge is -2.23. The van der Waals surface area contributed by atoms with E-state index in [0.717, 1.165) is 12.2 Å². The van der Waals surface area contributed by atoms with Gasteiger partial charge in [-0.15, -0.1) is 0 Å². The molecule has 2 heteroatoms. The summed E-state index contributed by atoms with van der Waals surface area (Å²) in [6.07, 6.45) is 2.75. The SMILES string of the molecule is CNC(C)(C)Cc1ccoc1C. The maximum absolute atomic E-state index is 5.23. The summed E-state index contributed by atoms with van der Waals surface area (Å²) in [6.45, 7) is 6.36. The lowest BCUT2D eigenvalue weighted by atomic mass is 9.96. The second-order valence-corrected chi connectivity index (χ2v) is 3.81. The summed E-state index contributed by atoms with van der Waals surface area (Å²) in [5.74, 6) is 1.03. The molecular formula is C10H17NO. The van der Waals surface area contributed by atoms with Crippen molar-refractivity contribution >= 4 is 0 Å². The van der Waals surface area contributed by atoms with Crippen LogP contribution in [0.25, 0.3) is 0 Å². The van der Waals surface area contributed by atoms with E-state index >= 15 is 0 Å². The minimum absolute atomic E-state index is 0.147. The molecule has 0 bridgehead atoms. The molecule has 68 valence electrons. The van der Waals surface area contributed by atoms with Gasteiger partial charge in [0.15, 0.2) is 0 Å². The lowest BCUT2D eigenvalue weighted by molar-refractivity contribution is 0.417. The molecule has 1 rings (SSSR count). The Labute approximate surface area is 74.0 Å². The van der Waals surface area contributed by atoms with E-state index in [-0.39, 0.29) is 5.54 Å². The standard InChI is InChI=1S/C10H17NO/c1-8-9(5-6-12-8)7-10(2,3)11-4/h5-6,11H,7H2,1-4H3. The molecule has 0 unspecified atom stereocenters. The van der Waals surface area contributed by atoms with Gasteiger partial charge < -0.3 is 9.73 Å². The van der Waals surface area contributed by atoms with Gasteiger partial charge in [-0.1, -0.05) is 0 Å². The van der Waals surface area contributed by atoms with Crippen molar-refractivity contribution in [3.8, 4) is 0 Å². The Kier molecular flexibility index (Phi) is 2.58. The quantitative estimate of drug-likeness (QED) is 0.746. The fourth-order valence-electron chi connectivity index (χ4n) is 1.16. The molecule has 1 aromatic heterocycles. The summed E-state index contributed by atoms with van der Waals surface area (Å²) in [5, 5.41) is 3.27. The Morgan fingerprint density at radius 2 is 2.17 bits per heavy atom. The molecule has 0 atom stereocenters. The van der Waals surface area contributed by atoms with Crippen LogP contribution in [0.4, 0.5) is 0 Å². The zero-order valence-electron chi connectivity index (χ0n) is 8.27. The van der Waals surface area contributed by atoms with Crippen LogP contribution in [0.15, 0.2) is 16.7 Å². The highest BCUT2D eigenvalue weighted by atomic mass is 16.3. The first-order valence-electron chi connectivity index (χ1n) is 4.27. The number of hydrogen-bond acceptors (Lipinski definition) is 2. The van der Waals surface area contributed by atoms with Crippen LogP contribution >= 0.6 is 0 Å². The number of hydrogen-bond donors (Lipinski definition) is 1. The van der Waals surface area contributed by atoms with Crippen LogP contribution in [-0.4, -0.2) is 12.6 Å². The van der Waals surface area contributed by atoms with Gasteiger partial charge in [0.05, 0.1) is 6.26 Å². The van der Waals surface area contributed by atoms with E-state index in [4.69, 9.17) is 4.42 Å². The highest BCUT2D eigenvalue weighted by molar-refractivity contribution is 5.18. The summed E-state index contributed by atoms with van der Waals surface area (Å²) in [4.78, 5) is 0. The van der Waals surface area contributed by atoms with Crippen molar-refractivity contribution in [1.29, 1.82) is 0 Å². The van der Waals surface area contributed by atoms with Crippen molar-refractivity contribution in [3.63, 3.8) is 0 Å². The van der Waals surface area contributed by atoms with Crippen molar-refractivity contribution in [2.45, 2.75) is 32.7 Å². The molecule has 0 saturated heterocycles. The van der Waals surface area contributed by atoms with Gasteiger partial charge in [-0.2, -0.15) is 0 Å². The van der Waals surface area contributed by atoms with Crippen molar-refractivity contribution in [2.75, 3.05) is 7.05 Å². The van der Waals surface area contributed by atoms with Crippen molar-refractivity contribution in [3.05, 3.63) is 23.7 Å². The monoisotopic (exact) mass is 167 g/mol. The van der Waals surface area contributed by atoms with Gasteiger partial charge in [0.25, 0.3) is 0 Å². The highest BCUT2D eigenvalue weighted by Gasteiger charge is 2.17. The fourth-order valence-corrected chi connectivity index (χ4v) is 1.16. The van der Waals surface area contributed by atoms with Gasteiger partial charge >= 0.3 is 0 Å². The molecule has 0 saturated carbocycles. The zero-order chi connectivity index (χ0) is 9.19. The maximum atomic E-state index is 5.23. The molecule has 1 aromatic rings. The summed E-state index contributed by atoms with van der Waals surface area (Å²) < 4.78 is 5.23. The number of likely N-dealkylation sites (N-methyl/N-ethyl adjacent to an activating group) is 1. The average molecular weight is 167 g/mol. The molecule has 0 aromatic carbocycles. The molecule has 0 fully saturated rings. The first-order valence-corrected chi connectivity index (χ1v) is 4.27. The van der Waals surface area contributed by atoms with Crippen LogP contribution in [0.2, 0.25) is 0 Å². The van der Waals surface area contributed by atoms with E-state index in [0.29, 0.717) is 0 Å². The molecule has 1 N–H and O–H groups in total. The molecule has 0 spiro atoms. The Morgan fingerprint density at radius 3 is 2.58 bits per heavy atom. The van der Waals surface area contributed by atoms with Gasteiger partial charge in [-0.05, 0) is 45.9 Å². The minimum Gasteiger partial charge on any atom is -0.469 e. The third kappa shape index (κ3) is 2.11. The van der Waals surface area contributed by atoms with Gasteiger partial charge in [0.1, 0.15) is 5.76 Å². The molecule has 0 aliphatic rings. The van der Waals surface area contributed by atoms with Crippen LogP contribution in [0.3, 0.4) is 0 Å². The molecule has 0 radical (unpaired) electrons. The van der Waals surface area contributed by atoms with E-state index < -0.39 is 0 Å². The van der Waals surface area contributed by atoms with E-state index in [1.807, 2.05) is 20.0 Å². The van der Waals surface area contributed by atoms with Gasteiger partial charge in [0, 0.05) is 5.54 Å². The van der Waals surface area contributed by atoms with Crippen LogP contribution in [0.5, 0.6) is 0 Å². The maximum Gasteiger partial charge on any atom is 0.103 e. The summed E-state index contributed by atoms with van der Waals surface area (Å²) in [5.41, 5.74) is 1.43. The van der Waals surface area contributed by atoms with Gasteiger partial charge in [0.2, 0.25) is 0 Å². The number of aryl methyl sites for hydroxylation is 1. The highest BCUT2D eigenvalue weighted by Crippen LogP contribution is 2.16. The fraction of sp³-hybridized carbons (Fsp3) is 0.600. The second kappa shape index (κ2) is 3.31. The van der Waals surface area contributed by atoms with E-state index in [1.54, 1.807) is 6.26 Å². The van der Waals surface area contributed by atoms with E-state index in [2.05, 4.69) is 19.2 Å². The predicted molar refractivity (Wildman–Crippen MR) is 50.3 cm³/mol. The molecular weight excluding hydrogens is 150 g/mol. The summed E-state index contributed by atoms with van der Waals surface area (Å²) in [7, 11) is 1.98. The third-order valence-electron chi connectivity index (χ3n) is 2.28. The molecule has 12 heavy (non-hydrogen) atoms. The molecule has 2 nitrogen and oxygen atoms in total. The minimum atomic E-state index is 0.147. The Balaban J connectivity index is 2.70. The normalized spacial score (nSPS) is 12.0. The molecule has 0 aliphatic carbocycles. The topological polar surface area (TPSA) is 25.2 Å². The predicted octanol–water partition coefficient (Wildman–Crippen LogP) is 2.13. The Bertz CT molecular complexity index is 250. The van der Waals surface area contributed by atoms with Gasteiger partial charge in [-0.25, -0.2) is 0 Å². The number of furan rings is 1. The Hall–Kier alpha value is -0.760. The second-order valence-electron chi connectivity index (χ2n) is 3.81.